The summed E-state index contributed by atoms with van der Waals surface area (Å²) in [4.78, 5) is 0. The molecule has 5 nitrogen and oxygen atoms in total. The first-order valence-electron chi connectivity index (χ1n) is 6.97. The van der Waals surface area contributed by atoms with Gasteiger partial charge in [0, 0.05) is 38.0 Å². The van der Waals surface area contributed by atoms with Crippen LogP contribution in [-0.4, -0.2) is 59.4 Å². The third kappa shape index (κ3) is 5.02. The Bertz CT molecular complexity index is 358. The first-order chi connectivity index (χ1) is 8.96. The Kier molecular flexibility index (Phi) is 6.73. The summed E-state index contributed by atoms with van der Waals surface area (Å²) in [5.74, 6) is 0.471. The van der Waals surface area contributed by atoms with E-state index in [1.165, 1.54) is 0 Å². The lowest BCUT2D eigenvalue weighted by Gasteiger charge is -2.32. The third-order valence-corrected chi connectivity index (χ3v) is 5.85. The number of methoxy groups -OCH3 is 1. The number of rotatable bonds is 9. The van der Waals surface area contributed by atoms with Gasteiger partial charge in [-0.1, -0.05) is 6.92 Å². The topological polar surface area (TPSA) is 64.6 Å². The van der Waals surface area contributed by atoms with Gasteiger partial charge in [0.2, 0.25) is 0 Å². The molecule has 1 N–H and O–H groups in total. The van der Waals surface area contributed by atoms with Gasteiger partial charge in [-0.25, -0.2) is 8.42 Å². The van der Waals surface area contributed by atoms with Crippen molar-refractivity contribution < 1.29 is 17.9 Å². The Labute approximate surface area is 117 Å². The summed E-state index contributed by atoms with van der Waals surface area (Å²) in [7, 11) is -1.24. The molecule has 1 fully saturated rings. The van der Waals surface area contributed by atoms with Crippen molar-refractivity contribution in [2.75, 3.05) is 44.9 Å². The van der Waals surface area contributed by atoms with E-state index >= 15 is 0 Å². The molecule has 6 heteroatoms. The van der Waals surface area contributed by atoms with Gasteiger partial charge in [0.15, 0.2) is 0 Å². The van der Waals surface area contributed by atoms with Gasteiger partial charge in [-0.15, -0.1) is 0 Å². The molecule has 1 rings (SSSR count). The molecule has 0 amide bonds. The largest absolute Gasteiger partial charge is 0.383 e. The Morgan fingerprint density at radius 1 is 1.47 bits per heavy atom. The highest BCUT2D eigenvalue weighted by atomic mass is 32.2. The molecule has 114 valence electrons. The lowest BCUT2D eigenvalue weighted by Crippen LogP contribution is -2.41. The molecule has 0 bridgehead atoms. The second-order valence-electron chi connectivity index (χ2n) is 5.28. The van der Waals surface area contributed by atoms with Crippen molar-refractivity contribution in [3.63, 3.8) is 0 Å². The Morgan fingerprint density at radius 2 is 2.21 bits per heavy atom. The average Bonchev–Trinajstić information content (AvgIpc) is 2.75. The maximum Gasteiger partial charge on any atom is 0.150 e. The number of nitrogens with one attached hydrogen (secondary N) is 1. The molecule has 2 atom stereocenters. The van der Waals surface area contributed by atoms with Gasteiger partial charge in [-0.3, -0.25) is 0 Å². The lowest BCUT2D eigenvalue weighted by molar-refractivity contribution is 0.0603. The van der Waals surface area contributed by atoms with Crippen LogP contribution in [0.5, 0.6) is 0 Å². The smallest absolute Gasteiger partial charge is 0.150 e. The molecule has 0 aliphatic carbocycles. The van der Waals surface area contributed by atoms with Crippen LogP contribution in [0.15, 0.2) is 0 Å². The van der Waals surface area contributed by atoms with Crippen molar-refractivity contribution in [1.82, 2.24) is 5.32 Å². The van der Waals surface area contributed by atoms with E-state index in [4.69, 9.17) is 9.47 Å². The number of hydrogen-bond donors (Lipinski definition) is 1. The van der Waals surface area contributed by atoms with Crippen LogP contribution in [0, 0.1) is 5.41 Å². The van der Waals surface area contributed by atoms with Gasteiger partial charge in [0.25, 0.3) is 0 Å². The number of ether oxygens (including phenoxy) is 2. The van der Waals surface area contributed by atoms with E-state index in [9.17, 15) is 8.42 Å². The van der Waals surface area contributed by atoms with E-state index in [0.29, 0.717) is 13.0 Å². The summed E-state index contributed by atoms with van der Waals surface area (Å²) in [6.45, 7) is 6.71. The van der Waals surface area contributed by atoms with Crippen molar-refractivity contribution in [3.05, 3.63) is 0 Å². The van der Waals surface area contributed by atoms with Crippen LogP contribution in [-0.2, 0) is 19.3 Å². The summed E-state index contributed by atoms with van der Waals surface area (Å²) in [6.07, 6.45) is 1.70. The van der Waals surface area contributed by atoms with Crippen LogP contribution in [0.2, 0.25) is 0 Å². The fraction of sp³-hybridized carbons (Fsp3) is 1.00. The normalized spacial score (nSPS) is 27.8. The maximum absolute atomic E-state index is 11.7. The SMILES string of the molecule is CCS(=O)(=O)CCC1(CNCCOC)CCOC1C. The highest BCUT2D eigenvalue weighted by Crippen LogP contribution is 2.38. The second kappa shape index (κ2) is 7.57. The van der Waals surface area contributed by atoms with Crippen molar-refractivity contribution >= 4 is 9.84 Å². The van der Waals surface area contributed by atoms with Crippen LogP contribution in [0.4, 0.5) is 0 Å². The molecule has 2 unspecified atom stereocenters. The van der Waals surface area contributed by atoms with E-state index in [-0.39, 0.29) is 23.0 Å². The minimum absolute atomic E-state index is 0.0595. The minimum Gasteiger partial charge on any atom is -0.383 e. The standard InChI is InChI=1S/C13H27NO4S/c1-4-19(15,16)10-6-13(5-8-18-12(13)2)11-14-7-9-17-3/h12,14H,4-11H2,1-3H3. The molecule has 1 heterocycles. The third-order valence-electron chi connectivity index (χ3n) is 4.14. The summed E-state index contributed by atoms with van der Waals surface area (Å²) in [5.41, 5.74) is -0.0595. The van der Waals surface area contributed by atoms with Gasteiger partial charge in [-0.2, -0.15) is 0 Å². The Morgan fingerprint density at radius 3 is 2.74 bits per heavy atom. The lowest BCUT2D eigenvalue weighted by atomic mass is 9.79. The monoisotopic (exact) mass is 293 g/mol. The molecule has 0 saturated carbocycles. The molecule has 0 aromatic heterocycles. The van der Waals surface area contributed by atoms with Crippen LogP contribution in [0.1, 0.15) is 26.7 Å². The molecule has 1 aliphatic heterocycles. The summed E-state index contributed by atoms with van der Waals surface area (Å²) in [6, 6.07) is 0. The molecule has 19 heavy (non-hydrogen) atoms. The predicted molar refractivity (Wildman–Crippen MR) is 76.2 cm³/mol. The van der Waals surface area contributed by atoms with Gasteiger partial charge in [0.05, 0.1) is 18.5 Å². The first-order valence-corrected chi connectivity index (χ1v) is 8.79. The predicted octanol–water partition coefficient (Wildman–Crippen LogP) is 0.842. The fourth-order valence-corrected chi connectivity index (χ4v) is 3.49. The Balaban J connectivity index is 2.56. The molecular weight excluding hydrogens is 266 g/mol. The molecular formula is C13H27NO4S. The number of hydrogen-bond acceptors (Lipinski definition) is 5. The second-order valence-corrected chi connectivity index (χ2v) is 7.75. The van der Waals surface area contributed by atoms with Gasteiger partial charge >= 0.3 is 0 Å². The highest BCUT2D eigenvalue weighted by Gasteiger charge is 2.41. The average molecular weight is 293 g/mol. The molecule has 0 aromatic carbocycles. The minimum atomic E-state index is -2.91. The number of sulfone groups is 1. The van der Waals surface area contributed by atoms with Crippen LogP contribution >= 0.6 is 0 Å². The molecule has 0 spiro atoms. The molecule has 0 aromatic rings. The molecule has 1 aliphatic rings. The molecule has 0 radical (unpaired) electrons. The van der Waals surface area contributed by atoms with Crippen LogP contribution in [0.3, 0.4) is 0 Å². The van der Waals surface area contributed by atoms with Crippen molar-refractivity contribution in [3.8, 4) is 0 Å². The van der Waals surface area contributed by atoms with Gasteiger partial charge in [0.1, 0.15) is 9.84 Å². The van der Waals surface area contributed by atoms with E-state index in [1.807, 2.05) is 6.92 Å². The van der Waals surface area contributed by atoms with E-state index < -0.39 is 9.84 Å². The van der Waals surface area contributed by atoms with E-state index in [1.54, 1.807) is 14.0 Å². The highest BCUT2D eigenvalue weighted by molar-refractivity contribution is 7.91. The fourth-order valence-electron chi connectivity index (χ4n) is 2.48. The van der Waals surface area contributed by atoms with Crippen molar-refractivity contribution in [1.29, 1.82) is 0 Å². The van der Waals surface area contributed by atoms with E-state index in [2.05, 4.69) is 5.32 Å². The zero-order chi connectivity index (χ0) is 14.4. The molecule has 1 saturated heterocycles. The zero-order valence-electron chi connectivity index (χ0n) is 12.3. The summed E-state index contributed by atoms with van der Waals surface area (Å²) < 4.78 is 34.1. The summed E-state index contributed by atoms with van der Waals surface area (Å²) in [5, 5.41) is 3.35. The van der Waals surface area contributed by atoms with Crippen LogP contribution < -0.4 is 5.32 Å². The summed E-state index contributed by atoms with van der Waals surface area (Å²) >= 11 is 0. The maximum atomic E-state index is 11.7. The van der Waals surface area contributed by atoms with E-state index in [0.717, 1.165) is 26.1 Å². The van der Waals surface area contributed by atoms with Crippen LogP contribution in [0.25, 0.3) is 0 Å². The quantitative estimate of drug-likeness (QED) is 0.638. The van der Waals surface area contributed by atoms with Crippen molar-refractivity contribution in [2.45, 2.75) is 32.8 Å². The van der Waals surface area contributed by atoms with Gasteiger partial charge in [-0.05, 0) is 19.8 Å². The van der Waals surface area contributed by atoms with Gasteiger partial charge < -0.3 is 14.8 Å². The Hall–Kier alpha value is -0.170. The first kappa shape index (κ1) is 16.9. The zero-order valence-corrected chi connectivity index (χ0v) is 13.1. The van der Waals surface area contributed by atoms with Crippen molar-refractivity contribution in [2.24, 2.45) is 5.41 Å².